The van der Waals surface area contributed by atoms with Crippen LogP contribution in [0.1, 0.15) is 11.1 Å². The summed E-state index contributed by atoms with van der Waals surface area (Å²) in [5.41, 5.74) is 1.31. The molecule has 0 fully saturated rings. The molecule has 0 spiro atoms. The Kier molecular flexibility index (Phi) is 4.20. The van der Waals surface area contributed by atoms with Crippen molar-refractivity contribution in [3.63, 3.8) is 0 Å². The van der Waals surface area contributed by atoms with E-state index < -0.39 is 0 Å². The molecular formula is C9H9Cl2NO2. The van der Waals surface area contributed by atoms with Gasteiger partial charge in [-0.3, -0.25) is 4.79 Å². The molecule has 1 aromatic rings. The van der Waals surface area contributed by atoms with Crippen molar-refractivity contribution in [3.8, 4) is 0 Å². The summed E-state index contributed by atoms with van der Waals surface area (Å²) >= 11 is 11.6. The van der Waals surface area contributed by atoms with Gasteiger partial charge in [-0.25, -0.2) is 0 Å². The Morgan fingerprint density at radius 2 is 2.14 bits per heavy atom. The molecule has 0 radical (unpaired) electrons. The summed E-state index contributed by atoms with van der Waals surface area (Å²) in [5.74, 6) is 0. The van der Waals surface area contributed by atoms with Crippen molar-refractivity contribution in [2.75, 3.05) is 0 Å². The number of hydrogen-bond donors (Lipinski definition) is 2. The van der Waals surface area contributed by atoms with Gasteiger partial charge >= 0.3 is 0 Å². The molecular weight excluding hydrogens is 225 g/mol. The van der Waals surface area contributed by atoms with Crippen molar-refractivity contribution >= 4 is 29.6 Å². The number of hydrogen-bond acceptors (Lipinski definition) is 2. The summed E-state index contributed by atoms with van der Waals surface area (Å²) in [6.45, 7) is 0.131. The average molecular weight is 234 g/mol. The Balaban J connectivity index is 3.04. The number of rotatable bonds is 4. The lowest BCUT2D eigenvalue weighted by Gasteiger charge is -2.09. The normalized spacial score (nSPS) is 9.93. The third-order valence-corrected chi connectivity index (χ3v) is 2.34. The number of carbonyl (C=O) groups excluding carboxylic acids is 1. The van der Waals surface area contributed by atoms with Crippen LogP contribution in [0.2, 0.25) is 10.0 Å². The van der Waals surface area contributed by atoms with Gasteiger partial charge in [0.05, 0.1) is 6.61 Å². The number of halogens is 2. The molecule has 0 aromatic heterocycles. The van der Waals surface area contributed by atoms with Gasteiger partial charge in [0.1, 0.15) is 0 Å². The van der Waals surface area contributed by atoms with Crippen LogP contribution < -0.4 is 5.32 Å². The minimum Gasteiger partial charge on any atom is -0.392 e. The van der Waals surface area contributed by atoms with Crippen molar-refractivity contribution < 1.29 is 9.90 Å². The van der Waals surface area contributed by atoms with Gasteiger partial charge in [-0.05, 0) is 23.3 Å². The number of amides is 1. The zero-order valence-electron chi connectivity index (χ0n) is 7.26. The van der Waals surface area contributed by atoms with Crippen LogP contribution >= 0.6 is 23.2 Å². The fourth-order valence-electron chi connectivity index (χ4n) is 1.14. The van der Waals surface area contributed by atoms with Crippen LogP contribution in [0, 0.1) is 0 Å². The summed E-state index contributed by atoms with van der Waals surface area (Å²) in [6, 6.07) is 3.19. The van der Waals surface area contributed by atoms with Crippen molar-refractivity contribution in [2.45, 2.75) is 13.2 Å². The first-order chi connectivity index (χ1) is 6.69. The van der Waals surface area contributed by atoms with E-state index in [4.69, 9.17) is 28.3 Å². The molecule has 0 bridgehead atoms. The molecule has 1 amide bonds. The molecule has 76 valence electrons. The number of carbonyl (C=O) groups is 1. The van der Waals surface area contributed by atoms with Crippen LogP contribution in [-0.2, 0) is 17.9 Å². The SMILES string of the molecule is O=CNCc1c(Cl)cc(Cl)cc1CO. The topological polar surface area (TPSA) is 49.3 Å². The maximum atomic E-state index is 10.1. The molecule has 0 saturated carbocycles. The largest absolute Gasteiger partial charge is 0.392 e. The van der Waals surface area contributed by atoms with E-state index in [9.17, 15) is 4.79 Å². The number of aliphatic hydroxyl groups excluding tert-OH is 1. The second-order valence-corrected chi connectivity index (χ2v) is 3.53. The van der Waals surface area contributed by atoms with Crippen LogP contribution in [0.25, 0.3) is 0 Å². The van der Waals surface area contributed by atoms with Gasteiger partial charge in [-0.15, -0.1) is 0 Å². The van der Waals surface area contributed by atoms with E-state index >= 15 is 0 Å². The molecule has 3 nitrogen and oxygen atoms in total. The minimum atomic E-state index is -0.157. The predicted molar refractivity (Wildman–Crippen MR) is 55.3 cm³/mol. The van der Waals surface area contributed by atoms with Gasteiger partial charge in [0.15, 0.2) is 0 Å². The van der Waals surface area contributed by atoms with E-state index in [1.54, 1.807) is 12.1 Å². The second-order valence-electron chi connectivity index (χ2n) is 2.68. The highest BCUT2D eigenvalue weighted by atomic mass is 35.5. The lowest BCUT2D eigenvalue weighted by Crippen LogP contribution is -2.12. The molecule has 0 saturated heterocycles. The van der Waals surface area contributed by atoms with Crippen LogP contribution in [0.4, 0.5) is 0 Å². The molecule has 14 heavy (non-hydrogen) atoms. The van der Waals surface area contributed by atoms with Crippen LogP contribution in [0.15, 0.2) is 12.1 Å². The zero-order valence-corrected chi connectivity index (χ0v) is 8.77. The van der Waals surface area contributed by atoms with Crippen LogP contribution in [0.5, 0.6) is 0 Å². The van der Waals surface area contributed by atoms with Gasteiger partial charge in [0.25, 0.3) is 0 Å². The lowest BCUT2D eigenvalue weighted by molar-refractivity contribution is -0.109. The quantitative estimate of drug-likeness (QED) is 0.779. The van der Waals surface area contributed by atoms with Crippen LogP contribution in [-0.4, -0.2) is 11.5 Å². The third kappa shape index (κ3) is 2.61. The van der Waals surface area contributed by atoms with Gasteiger partial charge in [0.2, 0.25) is 6.41 Å². The van der Waals surface area contributed by atoms with Gasteiger partial charge in [0, 0.05) is 16.6 Å². The lowest BCUT2D eigenvalue weighted by atomic mass is 10.1. The van der Waals surface area contributed by atoms with E-state index in [0.717, 1.165) is 0 Å². The summed E-state index contributed by atoms with van der Waals surface area (Å²) in [4.78, 5) is 10.1. The smallest absolute Gasteiger partial charge is 0.207 e. The Morgan fingerprint density at radius 1 is 1.43 bits per heavy atom. The standard InChI is InChI=1S/C9H9Cl2NO2/c10-7-1-6(4-13)8(3-12-5-14)9(11)2-7/h1-2,5,13H,3-4H2,(H,12,14). The van der Waals surface area contributed by atoms with Crippen molar-refractivity contribution in [1.82, 2.24) is 5.32 Å². The monoisotopic (exact) mass is 233 g/mol. The second kappa shape index (κ2) is 5.20. The maximum absolute atomic E-state index is 10.1. The Hall–Kier alpha value is -0.770. The van der Waals surface area contributed by atoms with E-state index in [0.29, 0.717) is 27.6 Å². The first-order valence-electron chi connectivity index (χ1n) is 3.93. The van der Waals surface area contributed by atoms with E-state index in [1.807, 2.05) is 0 Å². The number of nitrogens with one attached hydrogen (secondary N) is 1. The van der Waals surface area contributed by atoms with Crippen LogP contribution in [0.3, 0.4) is 0 Å². The van der Waals surface area contributed by atoms with Crippen molar-refractivity contribution in [3.05, 3.63) is 33.3 Å². The Labute approximate surface area is 91.6 Å². The zero-order chi connectivity index (χ0) is 10.6. The van der Waals surface area contributed by atoms with Gasteiger partial charge in [-0.1, -0.05) is 23.2 Å². The molecule has 0 aliphatic carbocycles. The third-order valence-electron chi connectivity index (χ3n) is 1.79. The molecule has 0 aliphatic rings. The molecule has 0 atom stereocenters. The summed E-state index contributed by atoms with van der Waals surface area (Å²) in [6.07, 6.45) is 0.575. The summed E-state index contributed by atoms with van der Waals surface area (Å²) in [7, 11) is 0. The predicted octanol–water partition coefficient (Wildman–Crippen LogP) is 1.73. The highest BCUT2D eigenvalue weighted by molar-refractivity contribution is 6.35. The highest BCUT2D eigenvalue weighted by Crippen LogP contribution is 2.25. The summed E-state index contributed by atoms with van der Waals surface area (Å²) in [5, 5.41) is 12.4. The molecule has 1 rings (SSSR count). The fraction of sp³-hybridized carbons (Fsp3) is 0.222. The molecule has 0 unspecified atom stereocenters. The Bertz CT molecular complexity index is 342. The summed E-state index contributed by atoms with van der Waals surface area (Å²) < 4.78 is 0. The molecule has 1 aromatic carbocycles. The Morgan fingerprint density at radius 3 is 2.71 bits per heavy atom. The number of benzene rings is 1. The average Bonchev–Trinajstić information content (AvgIpc) is 2.15. The minimum absolute atomic E-state index is 0.157. The molecule has 0 aliphatic heterocycles. The molecule has 0 heterocycles. The van der Waals surface area contributed by atoms with Crippen molar-refractivity contribution in [2.24, 2.45) is 0 Å². The highest BCUT2D eigenvalue weighted by Gasteiger charge is 2.07. The van der Waals surface area contributed by atoms with E-state index in [2.05, 4.69) is 5.32 Å². The van der Waals surface area contributed by atoms with E-state index in [1.165, 1.54) is 0 Å². The van der Waals surface area contributed by atoms with E-state index in [-0.39, 0.29) is 13.2 Å². The molecule has 5 heteroatoms. The fourth-order valence-corrected chi connectivity index (χ4v) is 1.74. The maximum Gasteiger partial charge on any atom is 0.207 e. The first kappa shape index (κ1) is 11.3. The van der Waals surface area contributed by atoms with Gasteiger partial charge in [-0.2, -0.15) is 0 Å². The molecule has 2 N–H and O–H groups in total. The number of aliphatic hydroxyl groups is 1. The first-order valence-corrected chi connectivity index (χ1v) is 4.69. The van der Waals surface area contributed by atoms with Crippen molar-refractivity contribution in [1.29, 1.82) is 0 Å². The van der Waals surface area contributed by atoms with Gasteiger partial charge < -0.3 is 10.4 Å².